The van der Waals surface area contributed by atoms with Gasteiger partial charge in [0.1, 0.15) is 10.4 Å². The van der Waals surface area contributed by atoms with Crippen LogP contribution in [0.2, 0.25) is 10.0 Å². The molecular weight excluding hydrogens is 323 g/mol. The fourth-order valence-corrected chi connectivity index (χ4v) is 4.59. The van der Waals surface area contributed by atoms with E-state index >= 15 is 0 Å². The molecule has 0 aromatic heterocycles. The highest BCUT2D eigenvalue weighted by molar-refractivity contribution is 7.89. The summed E-state index contributed by atoms with van der Waals surface area (Å²) in [5, 5.41) is 2.78. The maximum absolute atomic E-state index is 12.7. The lowest BCUT2D eigenvalue weighted by Gasteiger charge is -2.39. The Morgan fingerprint density at radius 1 is 1.30 bits per heavy atom. The van der Waals surface area contributed by atoms with Crippen molar-refractivity contribution in [2.75, 3.05) is 13.1 Å². The topological polar surface area (TPSA) is 66.5 Å². The minimum absolute atomic E-state index is 0.0315. The molecule has 0 atom stereocenters. The predicted octanol–water partition coefficient (Wildman–Crippen LogP) is 1.89. The summed E-state index contributed by atoms with van der Waals surface area (Å²) < 4.78 is 26.6. The minimum atomic E-state index is -3.90. The van der Waals surface area contributed by atoms with E-state index in [1.165, 1.54) is 18.2 Å². The van der Waals surface area contributed by atoms with Crippen LogP contribution in [0.25, 0.3) is 0 Å². The third kappa shape index (κ3) is 2.41. The molecule has 2 rings (SSSR count). The second-order valence-electron chi connectivity index (χ2n) is 4.94. The Morgan fingerprint density at radius 2 is 1.95 bits per heavy atom. The van der Waals surface area contributed by atoms with Crippen LogP contribution in [-0.2, 0) is 14.8 Å². The van der Waals surface area contributed by atoms with Gasteiger partial charge < -0.3 is 5.32 Å². The smallest absolute Gasteiger partial charge is 0.245 e. The van der Waals surface area contributed by atoms with Gasteiger partial charge in [0.25, 0.3) is 0 Å². The van der Waals surface area contributed by atoms with E-state index in [0.717, 1.165) is 4.31 Å². The van der Waals surface area contributed by atoms with Gasteiger partial charge in [-0.15, -0.1) is 0 Å². The summed E-state index contributed by atoms with van der Waals surface area (Å²) in [6, 6.07) is 4.40. The number of amides is 1. The molecule has 1 saturated heterocycles. The highest BCUT2D eigenvalue weighted by Crippen LogP contribution is 2.34. The van der Waals surface area contributed by atoms with E-state index in [-0.39, 0.29) is 33.9 Å². The summed E-state index contributed by atoms with van der Waals surface area (Å²) in [5.41, 5.74) is -1.18. The molecule has 1 heterocycles. The SMILES string of the molecule is CC1(C)C(=O)NCCN1S(=O)(=O)c1cccc(Cl)c1Cl. The number of carbonyl (C=O) groups excluding carboxylic acids is 1. The van der Waals surface area contributed by atoms with Crippen molar-refractivity contribution < 1.29 is 13.2 Å². The Bertz CT molecular complexity index is 659. The molecule has 0 bridgehead atoms. The maximum Gasteiger partial charge on any atom is 0.245 e. The molecule has 0 radical (unpaired) electrons. The summed E-state index contributed by atoms with van der Waals surface area (Å²) in [5.74, 6) is -0.342. The van der Waals surface area contributed by atoms with E-state index < -0.39 is 15.6 Å². The molecule has 1 aromatic rings. The van der Waals surface area contributed by atoms with Gasteiger partial charge in [0.05, 0.1) is 10.0 Å². The van der Waals surface area contributed by atoms with Crippen LogP contribution in [0.1, 0.15) is 13.8 Å². The molecule has 1 aliphatic rings. The number of nitrogens with one attached hydrogen (secondary N) is 1. The van der Waals surface area contributed by atoms with Gasteiger partial charge in [0.2, 0.25) is 15.9 Å². The van der Waals surface area contributed by atoms with Gasteiger partial charge in [-0.25, -0.2) is 8.42 Å². The first-order valence-electron chi connectivity index (χ1n) is 5.94. The number of hydrogen-bond acceptors (Lipinski definition) is 3. The van der Waals surface area contributed by atoms with Crippen LogP contribution in [0.4, 0.5) is 0 Å². The predicted molar refractivity (Wildman–Crippen MR) is 77.4 cm³/mol. The minimum Gasteiger partial charge on any atom is -0.353 e. The van der Waals surface area contributed by atoms with Crippen molar-refractivity contribution in [3.05, 3.63) is 28.2 Å². The van der Waals surface area contributed by atoms with Gasteiger partial charge in [-0.3, -0.25) is 4.79 Å². The molecule has 1 aromatic carbocycles. The number of halogens is 2. The van der Waals surface area contributed by atoms with E-state index in [2.05, 4.69) is 5.32 Å². The van der Waals surface area contributed by atoms with Gasteiger partial charge in [-0.2, -0.15) is 4.31 Å². The monoisotopic (exact) mass is 336 g/mol. The zero-order chi connectivity index (χ0) is 15.1. The standard InChI is InChI=1S/C12H14Cl2N2O3S/c1-12(2)11(17)15-6-7-16(12)20(18,19)9-5-3-4-8(13)10(9)14/h3-5H,6-7H2,1-2H3,(H,15,17). The van der Waals surface area contributed by atoms with Gasteiger partial charge >= 0.3 is 0 Å². The van der Waals surface area contributed by atoms with Crippen LogP contribution in [0, 0.1) is 0 Å². The van der Waals surface area contributed by atoms with Crippen LogP contribution in [0.5, 0.6) is 0 Å². The van der Waals surface area contributed by atoms with E-state index in [4.69, 9.17) is 23.2 Å². The molecule has 0 spiro atoms. The highest BCUT2D eigenvalue weighted by atomic mass is 35.5. The van der Waals surface area contributed by atoms with Crippen molar-refractivity contribution in [1.82, 2.24) is 9.62 Å². The van der Waals surface area contributed by atoms with Crippen molar-refractivity contribution in [3.63, 3.8) is 0 Å². The van der Waals surface area contributed by atoms with Crippen LogP contribution in [0.15, 0.2) is 23.1 Å². The lowest BCUT2D eigenvalue weighted by molar-refractivity contribution is -0.131. The molecule has 5 nitrogen and oxygen atoms in total. The molecule has 0 unspecified atom stereocenters. The normalized spacial score (nSPS) is 19.7. The Labute approximate surface area is 127 Å². The number of piperazine rings is 1. The molecule has 0 saturated carbocycles. The first kappa shape index (κ1) is 15.6. The van der Waals surface area contributed by atoms with E-state index in [9.17, 15) is 13.2 Å². The summed E-state index contributed by atoms with van der Waals surface area (Å²) in [6.45, 7) is 3.55. The second kappa shape index (κ2) is 5.18. The number of carbonyl (C=O) groups is 1. The highest BCUT2D eigenvalue weighted by Gasteiger charge is 2.45. The summed E-state index contributed by atoms with van der Waals surface area (Å²) in [4.78, 5) is 11.8. The Kier molecular flexibility index (Phi) is 4.03. The number of hydrogen-bond donors (Lipinski definition) is 1. The summed E-state index contributed by atoms with van der Waals surface area (Å²) in [7, 11) is -3.90. The molecule has 20 heavy (non-hydrogen) atoms. The van der Waals surface area contributed by atoms with Crippen molar-refractivity contribution in [2.45, 2.75) is 24.3 Å². The van der Waals surface area contributed by atoms with Gasteiger partial charge in [0, 0.05) is 13.1 Å². The summed E-state index contributed by atoms with van der Waals surface area (Å²) in [6.07, 6.45) is 0. The van der Waals surface area contributed by atoms with E-state index in [1.807, 2.05) is 0 Å². The molecule has 1 fully saturated rings. The zero-order valence-corrected chi connectivity index (χ0v) is 13.3. The molecular formula is C12H14Cl2N2O3S. The fraction of sp³-hybridized carbons (Fsp3) is 0.417. The fourth-order valence-electron chi connectivity index (χ4n) is 2.10. The van der Waals surface area contributed by atoms with Crippen molar-refractivity contribution in [2.24, 2.45) is 0 Å². The summed E-state index contributed by atoms with van der Waals surface area (Å²) >= 11 is 11.9. The molecule has 1 amide bonds. The van der Waals surface area contributed by atoms with Crippen LogP contribution >= 0.6 is 23.2 Å². The first-order chi connectivity index (χ1) is 9.19. The number of sulfonamides is 1. The Balaban J connectivity index is 2.55. The van der Waals surface area contributed by atoms with Crippen molar-refractivity contribution in [3.8, 4) is 0 Å². The van der Waals surface area contributed by atoms with E-state index in [0.29, 0.717) is 0 Å². The molecule has 1 aliphatic heterocycles. The largest absolute Gasteiger partial charge is 0.353 e. The van der Waals surface area contributed by atoms with Gasteiger partial charge in [0.15, 0.2) is 0 Å². The van der Waals surface area contributed by atoms with Gasteiger partial charge in [-0.1, -0.05) is 29.3 Å². The Morgan fingerprint density at radius 3 is 2.60 bits per heavy atom. The van der Waals surface area contributed by atoms with Gasteiger partial charge in [-0.05, 0) is 26.0 Å². The molecule has 110 valence electrons. The maximum atomic E-state index is 12.7. The number of rotatable bonds is 2. The third-order valence-corrected chi connectivity index (χ3v) is 6.31. The first-order valence-corrected chi connectivity index (χ1v) is 8.14. The average molecular weight is 337 g/mol. The Hall–Kier alpha value is -0.820. The van der Waals surface area contributed by atoms with Crippen molar-refractivity contribution >= 4 is 39.1 Å². The second-order valence-corrected chi connectivity index (χ2v) is 7.56. The third-order valence-electron chi connectivity index (χ3n) is 3.26. The quantitative estimate of drug-likeness (QED) is 0.896. The molecule has 8 heteroatoms. The van der Waals surface area contributed by atoms with Crippen molar-refractivity contribution in [1.29, 1.82) is 0 Å². The van der Waals surface area contributed by atoms with Crippen LogP contribution in [0.3, 0.4) is 0 Å². The lowest BCUT2D eigenvalue weighted by Crippen LogP contribution is -2.63. The van der Waals surface area contributed by atoms with Crippen LogP contribution < -0.4 is 5.32 Å². The average Bonchev–Trinajstić information content (AvgIpc) is 2.35. The lowest BCUT2D eigenvalue weighted by atomic mass is 10.0. The zero-order valence-electron chi connectivity index (χ0n) is 11.0. The van der Waals surface area contributed by atoms with Crippen LogP contribution in [-0.4, -0.2) is 37.3 Å². The molecule has 0 aliphatic carbocycles. The van der Waals surface area contributed by atoms with E-state index in [1.54, 1.807) is 13.8 Å². The number of nitrogens with zero attached hydrogens (tertiary/aromatic N) is 1. The number of benzene rings is 1. The molecule has 1 N–H and O–H groups in total.